The SMILES string of the molecule is CC[C@@H](C(=O)NC)N(Cc1cccc(OC)c1)C(=O)CN(c1ccc(C)c(C)c1)S(=O)(=O)c1ccccc1. The van der Waals surface area contributed by atoms with E-state index in [1.165, 1.54) is 24.1 Å². The summed E-state index contributed by atoms with van der Waals surface area (Å²) in [7, 11) is -1.02. The molecule has 3 rings (SSSR count). The molecule has 0 aliphatic heterocycles. The number of carbonyl (C=O) groups is 2. The minimum atomic E-state index is -4.09. The summed E-state index contributed by atoms with van der Waals surface area (Å²) in [6.07, 6.45) is 0.352. The Bertz CT molecular complexity index is 1380. The average Bonchev–Trinajstić information content (AvgIpc) is 2.93. The molecule has 0 saturated heterocycles. The molecular formula is C29H35N3O5S. The summed E-state index contributed by atoms with van der Waals surface area (Å²) in [5.74, 6) is -0.209. The van der Waals surface area contributed by atoms with Gasteiger partial charge < -0.3 is 15.0 Å². The van der Waals surface area contributed by atoms with Crippen LogP contribution in [-0.2, 0) is 26.2 Å². The number of hydrogen-bond acceptors (Lipinski definition) is 5. The van der Waals surface area contributed by atoms with Gasteiger partial charge in [-0.25, -0.2) is 8.42 Å². The molecule has 0 spiro atoms. The number of likely N-dealkylation sites (N-methyl/N-ethyl adjacent to an activating group) is 1. The highest BCUT2D eigenvalue weighted by molar-refractivity contribution is 7.92. The number of sulfonamides is 1. The lowest BCUT2D eigenvalue weighted by atomic mass is 10.1. The fourth-order valence-corrected chi connectivity index (χ4v) is 5.61. The van der Waals surface area contributed by atoms with Crippen molar-refractivity contribution >= 4 is 27.5 Å². The van der Waals surface area contributed by atoms with E-state index in [1.54, 1.807) is 55.6 Å². The Morgan fingerprint density at radius 3 is 2.26 bits per heavy atom. The summed E-state index contributed by atoms with van der Waals surface area (Å²) in [5.41, 5.74) is 3.03. The molecule has 1 N–H and O–H groups in total. The Kier molecular flexibility index (Phi) is 9.52. The lowest BCUT2D eigenvalue weighted by Crippen LogP contribution is -2.51. The Morgan fingerprint density at radius 1 is 0.947 bits per heavy atom. The summed E-state index contributed by atoms with van der Waals surface area (Å²) in [6, 6.07) is 19.7. The number of rotatable bonds is 11. The smallest absolute Gasteiger partial charge is 0.264 e. The highest BCUT2D eigenvalue weighted by Crippen LogP contribution is 2.27. The number of nitrogens with zero attached hydrogens (tertiary/aromatic N) is 2. The number of hydrogen-bond donors (Lipinski definition) is 1. The van der Waals surface area contributed by atoms with E-state index < -0.39 is 28.5 Å². The van der Waals surface area contributed by atoms with E-state index in [9.17, 15) is 18.0 Å². The topological polar surface area (TPSA) is 96.0 Å². The van der Waals surface area contributed by atoms with Gasteiger partial charge >= 0.3 is 0 Å². The van der Waals surface area contributed by atoms with Crippen molar-refractivity contribution < 1.29 is 22.7 Å². The van der Waals surface area contributed by atoms with Crippen molar-refractivity contribution in [1.29, 1.82) is 0 Å². The van der Waals surface area contributed by atoms with Crippen LogP contribution in [0.5, 0.6) is 5.75 Å². The number of amides is 2. The summed E-state index contributed by atoms with van der Waals surface area (Å²) < 4.78 is 34.1. The Morgan fingerprint density at radius 2 is 1.66 bits per heavy atom. The van der Waals surface area contributed by atoms with Crippen LogP contribution in [0.2, 0.25) is 0 Å². The van der Waals surface area contributed by atoms with E-state index in [2.05, 4.69) is 5.32 Å². The van der Waals surface area contributed by atoms with Crippen LogP contribution in [0.15, 0.2) is 77.7 Å². The van der Waals surface area contributed by atoms with Crippen molar-refractivity contribution in [2.45, 2.75) is 44.7 Å². The maximum atomic E-state index is 13.9. The van der Waals surface area contributed by atoms with Crippen molar-refractivity contribution in [2.24, 2.45) is 0 Å². The summed E-state index contributed by atoms with van der Waals surface area (Å²) in [6.45, 7) is 5.27. The predicted octanol–water partition coefficient (Wildman–Crippen LogP) is 4.06. The molecule has 202 valence electrons. The number of ether oxygens (including phenoxy) is 1. The lowest BCUT2D eigenvalue weighted by Gasteiger charge is -2.33. The van der Waals surface area contributed by atoms with Gasteiger partial charge in [0.2, 0.25) is 11.8 Å². The molecular weight excluding hydrogens is 502 g/mol. The molecule has 0 bridgehead atoms. The fourth-order valence-electron chi connectivity index (χ4n) is 4.18. The molecule has 3 aromatic carbocycles. The van der Waals surface area contributed by atoms with Crippen LogP contribution in [0.4, 0.5) is 5.69 Å². The molecule has 1 atom stereocenters. The van der Waals surface area contributed by atoms with Crippen LogP contribution in [-0.4, -0.2) is 51.9 Å². The zero-order chi connectivity index (χ0) is 27.9. The number of nitrogens with one attached hydrogen (secondary N) is 1. The minimum absolute atomic E-state index is 0.0729. The first-order valence-corrected chi connectivity index (χ1v) is 13.8. The third-order valence-electron chi connectivity index (χ3n) is 6.51. The first-order valence-electron chi connectivity index (χ1n) is 12.4. The summed E-state index contributed by atoms with van der Waals surface area (Å²) in [4.78, 5) is 28.2. The Hall–Kier alpha value is -3.85. The molecule has 2 amide bonds. The molecule has 0 saturated carbocycles. The number of aryl methyl sites for hydroxylation is 2. The zero-order valence-corrected chi connectivity index (χ0v) is 23.3. The molecule has 0 aromatic heterocycles. The van der Waals surface area contributed by atoms with E-state index in [0.717, 1.165) is 21.0 Å². The Labute approximate surface area is 225 Å². The van der Waals surface area contributed by atoms with E-state index in [0.29, 0.717) is 17.9 Å². The normalized spacial score (nSPS) is 11.9. The first kappa shape index (κ1) is 28.7. The van der Waals surface area contributed by atoms with Crippen molar-refractivity contribution in [3.63, 3.8) is 0 Å². The van der Waals surface area contributed by atoms with Gasteiger partial charge in [0, 0.05) is 13.6 Å². The van der Waals surface area contributed by atoms with Gasteiger partial charge in [-0.3, -0.25) is 13.9 Å². The fraction of sp³-hybridized carbons (Fsp3) is 0.310. The van der Waals surface area contributed by atoms with Crippen molar-refractivity contribution in [3.05, 3.63) is 89.5 Å². The zero-order valence-electron chi connectivity index (χ0n) is 22.5. The van der Waals surface area contributed by atoms with Crippen molar-refractivity contribution in [1.82, 2.24) is 10.2 Å². The van der Waals surface area contributed by atoms with Crippen molar-refractivity contribution in [2.75, 3.05) is 25.0 Å². The van der Waals surface area contributed by atoms with Gasteiger partial charge in [0.15, 0.2) is 0 Å². The average molecular weight is 538 g/mol. The van der Waals surface area contributed by atoms with Gasteiger partial charge in [-0.1, -0.05) is 43.3 Å². The highest BCUT2D eigenvalue weighted by atomic mass is 32.2. The molecule has 3 aromatic rings. The van der Waals surface area contributed by atoms with Crippen LogP contribution >= 0.6 is 0 Å². The number of carbonyl (C=O) groups excluding carboxylic acids is 2. The van der Waals surface area contributed by atoms with Crippen LogP contribution in [0.3, 0.4) is 0 Å². The monoisotopic (exact) mass is 537 g/mol. The van der Waals surface area contributed by atoms with Gasteiger partial charge in [-0.05, 0) is 73.4 Å². The molecule has 0 aliphatic carbocycles. The van der Waals surface area contributed by atoms with Crippen LogP contribution in [0.1, 0.15) is 30.0 Å². The molecule has 0 unspecified atom stereocenters. The standard InChI is InChI=1S/C29H35N3O5S/c1-6-27(29(34)30-4)31(19-23-11-10-12-25(18-23)37-5)28(33)20-32(24-16-15-21(2)22(3)17-24)38(35,36)26-13-8-7-9-14-26/h7-18,27H,6,19-20H2,1-5H3,(H,30,34)/t27-/m0/s1. The largest absolute Gasteiger partial charge is 0.497 e. The number of methoxy groups -OCH3 is 1. The second-order valence-corrected chi connectivity index (χ2v) is 10.9. The highest BCUT2D eigenvalue weighted by Gasteiger charge is 2.33. The van der Waals surface area contributed by atoms with E-state index in [1.807, 2.05) is 32.9 Å². The number of anilines is 1. The summed E-state index contributed by atoms with van der Waals surface area (Å²) in [5, 5.41) is 2.63. The van der Waals surface area contributed by atoms with Crippen molar-refractivity contribution in [3.8, 4) is 5.75 Å². The van der Waals surface area contributed by atoms with Gasteiger partial charge in [0.1, 0.15) is 18.3 Å². The second kappa shape index (κ2) is 12.6. The molecule has 0 fully saturated rings. The Balaban J connectivity index is 2.07. The summed E-state index contributed by atoms with van der Waals surface area (Å²) >= 11 is 0. The third-order valence-corrected chi connectivity index (χ3v) is 8.30. The molecule has 0 radical (unpaired) electrons. The van der Waals surface area contributed by atoms with E-state index in [4.69, 9.17) is 4.74 Å². The molecule has 0 heterocycles. The molecule has 38 heavy (non-hydrogen) atoms. The van der Waals surface area contributed by atoms with Crippen LogP contribution < -0.4 is 14.4 Å². The quantitative estimate of drug-likeness (QED) is 0.398. The van der Waals surface area contributed by atoms with E-state index >= 15 is 0 Å². The lowest BCUT2D eigenvalue weighted by molar-refractivity contribution is -0.140. The molecule has 8 nitrogen and oxygen atoms in total. The maximum absolute atomic E-state index is 13.9. The van der Waals surface area contributed by atoms with Gasteiger partial charge in [0.05, 0.1) is 17.7 Å². The van der Waals surface area contributed by atoms with Gasteiger partial charge in [-0.15, -0.1) is 0 Å². The molecule has 0 aliphatic rings. The van der Waals surface area contributed by atoms with Crippen LogP contribution in [0, 0.1) is 13.8 Å². The van der Waals surface area contributed by atoms with Gasteiger partial charge in [-0.2, -0.15) is 0 Å². The second-order valence-electron chi connectivity index (χ2n) is 9.00. The van der Waals surface area contributed by atoms with Crippen LogP contribution in [0.25, 0.3) is 0 Å². The number of benzene rings is 3. The first-order chi connectivity index (χ1) is 18.1. The van der Waals surface area contributed by atoms with E-state index in [-0.39, 0.29) is 17.3 Å². The minimum Gasteiger partial charge on any atom is -0.497 e. The predicted molar refractivity (Wildman–Crippen MR) is 149 cm³/mol. The van der Waals surface area contributed by atoms with Gasteiger partial charge in [0.25, 0.3) is 10.0 Å². The maximum Gasteiger partial charge on any atom is 0.264 e. The molecule has 9 heteroatoms. The third kappa shape index (κ3) is 6.52.